The van der Waals surface area contributed by atoms with E-state index in [9.17, 15) is 9.59 Å². The Morgan fingerprint density at radius 1 is 1.03 bits per heavy atom. The minimum absolute atomic E-state index is 0.0222. The molecule has 0 radical (unpaired) electrons. The minimum Gasteiger partial charge on any atom is -0.494 e. The van der Waals surface area contributed by atoms with Gasteiger partial charge in [-0.15, -0.1) is 0 Å². The summed E-state index contributed by atoms with van der Waals surface area (Å²) >= 11 is 0. The quantitative estimate of drug-likeness (QED) is 0.718. The smallest absolute Gasteiger partial charge is 0.346 e. The molecule has 4 rings (SSSR count). The molecule has 0 spiro atoms. The number of fused-ring (bicyclic) bond motifs is 1. The SMILES string of the molecule is CCOc1ccc(CN2CCN(C(=O)Cn3nc4n(c3=O)CCCCC4)CC2)cc1. The molecule has 1 amide bonds. The predicted molar refractivity (Wildman–Crippen MR) is 114 cm³/mol. The molecule has 2 aliphatic heterocycles. The highest BCUT2D eigenvalue weighted by molar-refractivity contribution is 5.76. The zero-order chi connectivity index (χ0) is 20.9. The predicted octanol–water partition coefficient (Wildman–Crippen LogP) is 1.51. The average Bonchev–Trinajstić information content (AvgIpc) is 2.92. The number of amides is 1. The second kappa shape index (κ2) is 9.47. The standard InChI is InChI=1S/C22H31N5O3/c1-2-30-19-9-7-18(8-10-19)16-24-12-14-25(15-13-24)21(28)17-27-22(29)26-11-5-3-4-6-20(26)23-27/h7-10H,2-6,11-17H2,1H3. The third-order valence-corrected chi connectivity index (χ3v) is 5.93. The average molecular weight is 414 g/mol. The van der Waals surface area contributed by atoms with E-state index in [1.54, 1.807) is 4.57 Å². The second-order valence-corrected chi connectivity index (χ2v) is 8.05. The van der Waals surface area contributed by atoms with Crippen molar-refractivity contribution in [1.82, 2.24) is 24.1 Å². The van der Waals surface area contributed by atoms with E-state index in [1.807, 2.05) is 24.0 Å². The molecule has 0 bridgehead atoms. The van der Waals surface area contributed by atoms with Gasteiger partial charge in [0, 0.05) is 45.7 Å². The monoisotopic (exact) mass is 413 g/mol. The summed E-state index contributed by atoms with van der Waals surface area (Å²) in [7, 11) is 0. The van der Waals surface area contributed by atoms with Crippen LogP contribution in [0.5, 0.6) is 5.75 Å². The van der Waals surface area contributed by atoms with Crippen LogP contribution >= 0.6 is 0 Å². The van der Waals surface area contributed by atoms with E-state index < -0.39 is 0 Å². The van der Waals surface area contributed by atoms with E-state index in [1.165, 1.54) is 10.2 Å². The van der Waals surface area contributed by atoms with Gasteiger partial charge in [0.1, 0.15) is 18.1 Å². The first-order valence-corrected chi connectivity index (χ1v) is 11.0. The number of benzene rings is 1. The Morgan fingerprint density at radius 3 is 2.53 bits per heavy atom. The van der Waals surface area contributed by atoms with E-state index in [2.05, 4.69) is 22.1 Å². The summed E-state index contributed by atoms with van der Waals surface area (Å²) in [6.07, 6.45) is 4.01. The van der Waals surface area contributed by atoms with Gasteiger partial charge < -0.3 is 9.64 Å². The van der Waals surface area contributed by atoms with Crippen molar-refractivity contribution in [3.63, 3.8) is 0 Å². The van der Waals surface area contributed by atoms with Gasteiger partial charge >= 0.3 is 5.69 Å². The molecule has 0 aliphatic carbocycles. The van der Waals surface area contributed by atoms with Crippen LogP contribution in [-0.2, 0) is 30.8 Å². The van der Waals surface area contributed by atoms with Crippen LogP contribution in [0.15, 0.2) is 29.1 Å². The Balaban J connectivity index is 1.29. The fourth-order valence-corrected chi connectivity index (χ4v) is 4.23. The highest BCUT2D eigenvalue weighted by Crippen LogP contribution is 2.15. The minimum atomic E-state index is -0.144. The van der Waals surface area contributed by atoms with Crippen LogP contribution in [0, 0.1) is 0 Å². The summed E-state index contributed by atoms with van der Waals surface area (Å²) in [5, 5.41) is 4.44. The number of hydrogen-bond acceptors (Lipinski definition) is 5. The second-order valence-electron chi connectivity index (χ2n) is 8.05. The summed E-state index contributed by atoms with van der Waals surface area (Å²) < 4.78 is 8.59. The molecule has 8 heteroatoms. The fourth-order valence-electron chi connectivity index (χ4n) is 4.23. The number of aromatic nitrogens is 3. The Morgan fingerprint density at radius 2 is 1.80 bits per heavy atom. The molecular formula is C22H31N5O3. The molecule has 1 aromatic heterocycles. The highest BCUT2D eigenvalue weighted by atomic mass is 16.5. The number of rotatable bonds is 6. The molecule has 0 N–H and O–H groups in total. The van der Waals surface area contributed by atoms with Crippen molar-refractivity contribution < 1.29 is 9.53 Å². The first-order chi connectivity index (χ1) is 14.6. The number of nitrogens with zero attached hydrogens (tertiary/aromatic N) is 5. The molecule has 0 atom stereocenters. The Bertz CT molecular complexity index is 910. The van der Waals surface area contributed by atoms with Gasteiger partial charge in [-0.25, -0.2) is 9.48 Å². The van der Waals surface area contributed by atoms with Crippen LogP contribution in [0.1, 0.15) is 37.6 Å². The van der Waals surface area contributed by atoms with E-state index in [4.69, 9.17) is 4.74 Å². The lowest BCUT2D eigenvalue weighted by atomic mass is 10.2. The van der Waals surface area contributed by atoms with E-state index in [0.29, 0.717) is 26.2 Å². The molecule has 1 fully saturated rings. The molecule has 2 aliphatic rings. The van der Waals surface area contributed by atoms with Crippen molar-refractivity contribution >= 4 is 5.91 Å². The van der Waals surface area contributed by atoms with Gasteiger partial charge in [0.15, 0.2) is 0 Å². The van der Waals surface area contributed by atoms with Crippen LogP contribution in [-0.4, -0.2) is 62.8 Å². The number of piperazine rings is 1. The lowest BCUT2D eigenvalue weighted by Crippen LogP contribution is -2.49. The van der Waals surface area contributed by atoms with Crippen LogP contribution in [0.2, 0.25) is 0 Å². The molecule has 0 saturated carbocycles. The largest absolute Gasteiger partial charge is 0.494 e. The van der Waals surface area contributed by atoms with Gasteiger partial charge in [-0.3, -0.25) is 14.3 Å². The topological polar surface area (TPSA) is 72.6 Å². The van der Waals surface area contributed by atoms with Gasteiger partial charge in [0.05, 0.1) is 6.61 Å². The van der Waals surface area contributed by atoms with Crippen molar-refractivity contribution in [2.24, 2.45) is 0 Å². The number of aryl methyl sites for hydroxylation is 1. The molecular weight excluding hydrogens is 382 g/mol. The van der Waals surface area contributed by atoms with Gasteiger partial charge in [0.2, 0.25) is 5.91 Å². The molecule has 3 heterocycles. The third kappa shape index (κ3) is 4.75. The summed E-state index contributed by atoms with van der Waals surface area (Å²) in [5.74, 6) is 1.69. The summed E-state index contributed by atoms with van der Waals surface area (Å²) in [6, 6.07) is 8.20. The summed E-state index contributed by atoms with van der Waals surface area (Å²) in [4.78, 5) is 29.5. The first-order valence-electron chi connectivity index (χ1n) is 11.0. The summed E-state index contributed by atoms with van der Waals surface area (Å²) in [5.41, 5.74) is 1.10. The number of ether oxygens (including phenoxy) is 1. The van der Waals surface area contributed by atoms with E-state index in [0.717, 1.165) is 56.9 Å². The maximum absolute atomic E-state index is 12.7. The lowest BCUT2D eigenvalue weighted by Gasteiger charge is -2.34. The van der Waals surface area contributed by atoms with Crippen LogP contribution < -0.4 is 10.4 Å². The van der Waals surface area contributed by atoms with Gasteiger partial charge in [-0.05, 0) is 37.5 Å². The fraction of sp³-hybridized carbons (Fsp3) is 0.591. The van der Waals surface area contributed by atoms with Gasteiger partial charge in [-0.2, -0.15) is 5.10 Å². The van der Waals surface area contributed by atoms with E-state index >= 15 is 0 Å². The normalized spacial score (nSPS) is 17.4. The maximum atomic E-state index is 12.7. The molecule has 8 nitrogen and oxygen atoms in total. The Hall–Kier alpha value is -2.61. The molecule has 1 saturated heterocycles. The molecule has 162 valence electrons. The van der Waals surface area contributed by atoms with Crippen molar-refractivity contribution in [1.29, 1.82) is 0 Å². The van der Waals surface area contributed by atoms with Gasteiger partial charge in [-0.1, -0.05) is 18.6 Å². The third-order valence-electron chi connectivity index (χ3n) is 5.93. The van der Waals surface area contributed by atoms with Crippen molar-refractivity contribution in [2.45, 2.75) is 52.2 Å². The molecule has 1 aromatic carbocycles. The van der Waals surface area contributed by atoms with Crippen molar-refractivity contribution in [3.8, 4) is 5.75 Å². The zero-order valence-corrected chi connectivity index (χ0v) is 17.8. The Kier molecular flexibility index (Phi) is 6.52. The van der Waals surface area contributed by atoms with Crippen LogP contribution in [0.25, 0.3) is 0 Å². The zero-order valence-electron chi connectivity index (χ0n) is 17.8. The maximum Gasteiger partial charge on any atom is 0.346 e. The highest BCUT2D eigenvalue weighted by Gasteiger charge is 2.23. The van der Waals surface area contributed by atoms with Crippen LogP contribution in [0.3, 0.4) is 0 Å². The number of hydrogen-bond donors (Lipinski definition) is 0. The van der Waals surface area contributed by atoms with E-state index in [-0.39, 0.29) is 18.1 Å². The van der Waals surface area contributed by atoms with Crippen molar-refractivity contribution in [3.05, 3.63) is 46.1 Å². The molecule has 0 unspecified atom stereocenters. The lowest BCUT2D eigenvalue weighted by molar-refractivity contribution is -0.133. The van der Waals surface area contributed by atoms with Gasteiger partial charge in [0.25, 0.3) is 0 Å². The number of carbonyl (C=O) groups is 1. The van der Waals surface area contributed by atoms with Crippen LogP contribution in [0.4, 0.5) is 0 Å². The summed E-state index contributed by atoms with van der Waals surface area (Å²) in [6.45, 7) is 7.28. The number of carbonyl (C=O) groups excluding carboxylic acids is 1. The molecule has 2 aromatic rings. The van der Waals surface area contributed by atoms with Crippen molar-refractivity contribution in [2.75, 3.05) is 32.8 Å². The molecule has 30 heavy (non-hydrogen) atoms. The first kappa shape index (κ1) is 20.7. The Labute approximate surface area is 177 Å².